The summed E-state index contributed by atoms with van der Waals surface area (Å²) in [6.07, 6.45) is 4.85. The minimum Gasteiger partial charge on any atom is -0.319 e. The number of carbonyl (C=O) groups excluding carboxylic acids is 2. The lowest BCUT2D eigenvalue weighted by Gasteiger charge is -2.44. The molecule has 0 bridgehead atoms. The predicted molar refractivity (Wildman–Crippen MR) is 66.9 cm³/mol. The Bertz CT molecular complexity index is 341. The molecule has 1 saturated carbocycles. The molecule has 2 aliphatic heterocycles. The number of imide groups is 1. The number of amides is 3. The molecule has 94 valence electrons. The average molecular weight is 254 g/mol. The topological polar surface area (TPSA) is 40.6 Å². The first kappa shape index (κ1) is 11.4. The molecule has 0 spiro atoms. The number of nitrogens with zero attached hydrogens (tertiary/aromatic N) is 2. The van der Waals surface area contributed by atoms with E-state index >= 15 is 0 Å². The van der Waals surface area contributed by atoms with Crippen molar-refractivity contribution >= 4 is 23.7 Å². The van der Waals surface area contributed by atoms with Gasteiger partial charge in [0.05, 0.1) is 6.04 Å². The highest BCUT2D eigenvalue weighted by molar-refractivity contribution is 7.99. The lowest BCUT2D eigenvalue weighted by Crippen LogP contribution is -2.61. The molecule has 0 aromatic carbocycles. The third-order valence-corrected chi connectivity index (χ3v) is 5.14. The van der Waals surface area contributed by atoms with Gasteiger partial charge in [-0.1, -0.05) is 12.8 Å². The van der Waals surface area contributed by atoms with Crippen LogP contribution >= 0.6 is 11.8 Å². The van der Waals surface area contributed by atoms with Crippen molar-refractivity contribution in [3.05, 3.63) is 0 Å². The summed E-state index contributed by atoms with van der Waals surface area (Å²) >= 11 is 1.85. The zero-order valence-corrected chi connectivity index (χ0v) is 10.7. The molecule has 1 unspecified atom stereocenters. The van der Waals surface area contributed by atoms with Crippen molar-refractivity contribution in [2.75, 3.05) is 18.1 Å². The second-order valence-electron chi connectivity index (χ2n) is 5.11. The molecule has 3 rings (SSSR count). The van der Waals surface area contributed by atoms with E-state index in [-0.39, 0.29) is 24.0 Å². The van der Waals surface area contributed by atoms with Gasteiger partial charge in [0.2, 0.25) is 5.91 Å². The van der Waals surface area contributed by atoms with Crippen molar-refractivity contribution in [3.63, 3.8) is 0 Å². The average Bonchev–Trinajstić information content (AvgIpc) is 2.83. The van der Waals surface area contributed by atoms with E-state index in [1.807, 2.05) is 16.7 Å². The van der Waals surface area contributed by atoms with Crippen LogP contribution in [0, 0.1) is 0 Å². The lowest BCUT2D eigenvalue weighted by atomic mass is 10.1. The van der Waals surface area contributed by atoms with Crippen LogP contribution < -0.4 is 0 Å². The zero-order chi connectivity index (χ0) is 11.8. The molecule has 0 N–H and O–H groups in total. The molecule has 2 saturated heterocycles. The van der Waals surface area contributed by atoms with Crippen LogP contribution in [0.25, 0.3) is 0 Å². The summed E-state index contributed by atoms with van der Waals surface area (Å²) in [7, 11) is 0. The van der Waals surface area contributed by atoms with Crippen molar-refractivity contribution < 1.29 is 9.59 Å². The molecule has 0 radical (unpaired) electrons. The Morgan fingerprint density at radius 3 is 2.65 bits per heavy atom. The Labute approximate surface area is 106 Å². The Morgan fingerprint density at radius 2 is 1.88 bits per heavy atom. The van der Waals surface area contributed by atoms with Gasteiger partial charge in [0.25, 0.3) is 0 Å². The highest BCUT2D eigenvalue weighted by Gasteiger charge is 2.43. The highest BCUT2D eigenvalue weighted by atomic mass is 32.2. The fourth-order valence-electron chi connectivity index (χ4n) is 3.14. The van der Waals surface area contributed by atoms with E-state index < -0.39 is 0 Å². The van der Waals surface area contributed by atoms with Crippen molar-refractivity contribution in [1.29, 1.82) is 0 Å². The van der Waals surface area contributed by atoms with E-state index in [9.17, 15) is 9.59 Å². The summed E-state index contributed by atoms with van der Waals surface area (Å²) in [4.78, 5) is 28.0. The van der Waals surface area contributed by atoms with Crippen molar-refractivity contribution in [2.24, 2.45) is 0 Å². The standard InChI is InChI=1S/C12H18N2O2S/c15-11-7-10-8-17-6-5-13(10)12(16)14(11)9-3-1-2-4-9/h9-10H,1-8H2. The normalized spacial score (nSPS) is 30.9. The molecule has 3 amide bonds. The third-order valence-electron chi connectivity index (χ3n) is 4.05. The first-order valence-corrected chi connectivity index (χ1v) is 7.63. The monoisotopic (exact) mass is 254 g/mol. The Kier molecular flexibility index (Phi) is 3.03. The highest BCUT2D eigenvalue weighted by Crippen LogP contribution is 2.31. The van der Waals surface area contributed by atoms with Crippen LogP contribution in [0.4, 0.5) is 4.79 Å². The molecule has 3 fully saturated rings. The molecular formula is C12H18N2O2S. The first-order valence-electron chi connectivity index (χ1n) is 6.48. The summed E-state index contributed by atoms with van der Waals surface area (Å²) in [5.74, 6) is 2.00. The quantitative estimate of drug-likeness (QED) is 0.715. The van der Waals surface area contributed by atoms with Crippen molar-refractivity contribution in [3.8, 4) is 0 Å². The number of rotatable bonds is 1. The number of thioether (sulfide) groups is 1. The van der Waals surface area contributed by atoms with Crippen LogP contribution in [0.2, 0.25) is 0 Å². The van der Waals surface area contributed by atoms with Gasteiger partial charge < -0.3 is 4.90 Å². The molecule has 4 nitrogen and oxygen atoms in total. The maximum absolute atomic E-state index is 12.4. The van der Waals surface area contributed by atoms with Gasteiger partial charge in [-0.3, -0.25) is 9.69 Å². The minimum absolute atomic E-state index is 0.0153. The van der Waals surface area contributed by atoms with E-state index in [4.69, 9.17) is 0 Å². The number of fused-ring (bicyclic) bond motifs is 1. The molecule has 2 heterocycles. The Morgan fingerprint density at radius 1 is 1.12 bits per heavy atom. The molecule has 0 aromatic rings. The predicted octanol–water partition coefficient (Wildman–Crippen LogP) is 1.70. The van der Waals surface area contributed by atoms with Crippen molar-refractivity contribution in [2.45, 2.75) is 44.2 Å². The van der Waals surface area contributed by atoms with E-state index in [1.165, 1.54) is 0 Å². The van der Waals surface area contributed by atoms with Gasteiger partial charge in [-0.15, -0.1) is 0 Å². The second kappa shape index (κ2) is 4.52. The summed E-state index contributed by atoms with van der Waals surface area (Å²) < 4.78 is 0. The van der Waals surface area contributed by atoms with Gasteiger partial charge in [-0.25, -0.2) is 4.79 Å². The third kappa shape index (κ3) is 1.94. The maximum atomic E-state index is 12.4. The van der Waals surface area contributed by atoms with Gasteiger partial charge in [0, 0.05) is 30.5 Å². The van der Waals surface area contributed by atoms with E-state index in [0.29, 0.717) is 6.42 Å². The zero-order valence-electron chi connectivity index (χ0n) is 9.93. The van der Waals surface area contributed by atoms with Crippen LogP contribution in [0.3, 0.4) is 0 Å². The Hall–Kier alpha value is -0.710. The summed E-state index contributed by atoms with van der Waals surface area (Å²) in [5, 5.41) is 0. The molecule has 1 aliphatic carbocycles. The number of hydrogen-bond acceptors (Lipinski definition) is 3. The number of carbonyl (C=O) groups is 2. The molecule has 0 aromatic heterocycles. The van der Waals surface area contributed by atoms with Crippen LogP contribution in [-0.4, -0.2) is 51.9 Å². The smallest absolute Gasteiger partial charge is 0.319 e. The first-order chi connectivity index (χ1) is 8.27. The molecule has 5 heteroatoms. The summed E-state index contributed by atoms with van der Waals surface area (Å²) in [6.45, 7) is 0.810. The van der Waals surface area contributed by atoms with Crippen LogP contribution in [0.1, 0.15) is 32.1 Å². The summed E-state index contributed by atoms with van der Waals surface area (Å²) in [6, 6.07) is 0.329. The molecule has 1 atom stereocenters. The maximum Gasteiger partial charge on any atom is 0.327 e. The van der Waals surface area contributed by atoms with E-state index in [1.54, 1.807) is 4.90 Å². The van der Waals surface area contributed by atoms with E-state index in [0.717, 1.165) is 43.7 Å². The van der Waals surface area contributed by atoms with Gasteiger partial charge in [-0.05, 0) is 12.8 Å². The largest absolute Gasteiger partial charge is 0.327 e. The Balaban J connectivity index is 1.79. The number of hydrogen-bond donors (Lipinski definition) is 0. The number of urea groups is 1. The fourth-order valence-corrected chi connectivity index (χ4v) is 4.21. The van der Waals surface area contributed by atoms with Crippen LogP contribution in [0.15, 0.2) is 0 Å². The van der Waals surface area contributed by atoms with Gasteiger partial charge >= 0.3 is 6.03 Å². The van der Waals surface area contributed by atoms with Gasteiger partial charge in [0.15, 0.2) is 0 Å². The molecule has 3 aliphatic rings. The van der Waals surface area contributed by atoms with E-state index in [2.05, 4.69) is 0 Å². The SMILES string of the molecule is O=C1CC2CSCCN2C(=O)N1C1CCCC1. The molecular weight excluding hydrogens is 236 g/mol. The van der Waals surface area contributed by atoms with Gasteiger partial charge in [-0.2, -0.15) is 11.8 Å². The van der Waals surface area contributed by atoms with Crippen LogP contribution in [-0.2, 0) is 4.79 Å². The van der Waals surface area contributed by atoms with Gasteiger partial charge in [0.1, 0.15) is 0 Å². The second-order valence-corrected chi connectivity index (χ2v) is 6.26. The fraction of sp³-hybridized carbons (Fsp3) is 0.833. The minimum atomic E-state index is -0.0153. The molecule has 17 heavy (non-hydrogen) atoms. The summed E-state index contributed by atoms with van der Waals surface area (Å²) in [5.41, 5.74) is 0. The van der Waals surface area contributed by atoms with Crippen LogP contribution in [0.5, 0.6) is 0 Å². The van der Waals surface area contributed by atoms with Crippen molar-refractivity contribution in [1.82, 2.24) is 9.80 Å². The lowest BCUT2D eigenvalue weighted by molar-refractivity contribution is -0.134.